The number of rotatable bonds is 5. The molecule has 31 heavy (non-hydrogen) atoms. The molecule has 3 aliphatic carbocycles. The summed E-state index contributed by atoms with van der Waals surface area (Å²) in [5.41, 5.74) is 1.38. The van der Waals surface area contributed by atoms with Gasteiger partial charge in [-0.3, -0.25) is 4.79 Å². The van der Waals surface area contributed by atoms with Gasteiger partial charge in [-0.1, -0.05) is 44.2 Å². The third kappa shape index (κ3) is 3.23. The summed E-state index contributed by atoms with van der Waals surface area (Å²) >= 11 is 0. The first kappa shape index (κ1) is 20.7. The van der Waals surface area contributed by atoms with Crippen molar-refractivity contribution in [2.45, 2.75) is 64.3 Å². The molecule has 4 nitrogen and oxygen atoms in total. The second-order valence-electron chi connectivity index (χ2n) is 10.3. The first-order chi connectivity index (χ1) is 14.9. The first-order valence-corrected chi connectivity index (χ1v) is 11.4. The molecule has 1 heterocycles. The summed E-state index contributed by atoms with van der Waals surface area (Å²) in [7, 11) is 1.82. The number of furan rings is 1. The van der Waals surface area contributed by atoms with Crippen LogP contribution in [0.25, 0.3) is 6.08 Å². The van der Waals surface area contributed by atoms with E-state index < -0.39 is 0 Å². The largest absolute Gasteiger partial charge is 0.465 e. The molecule has 4 atom stereocenters. The quantitative estimate of drug-likeness (QED) is 0.572. The zero-order chi connectivity index (χ0) is 21.7. The lowest BCUT2D eigenvalue weighted by molar-refractivity contribution is -0.224. The van der Waals surface area contributed by atoms with Crippen LogP contribution in [-0.2, 0) is 20.9 Å². The zero-order valence-corrected chi connectivity index (χ0v) is 18.7. The lowest BCUT2D eigenvalue weighted by atomic mass is 9.49. The van der Waals surface area contributed by atoms with Gasteiger partial charge in [0.2, 0.25) is 0 Å². The molecule has 2 aromatic rings. The fraction of sp³-hybridized carbons (Fsp3) is 0.519. The summed E-state index contributed by atoms with van der Waals surface area (Å²) < 4.78 is 18.4. The van der Waals surface area contributed by atoms with Crippen molar-refractivity contribution in [2.24, 2.45) is 16.7 Å². The standard InChI is InChI=1S/C27H32O4/c1-25(2)23-22(28)20(16-21-10-7-15-30-21)11-12-26(23)13-14-27(18-26,29-3)24(25)31-17-19-8-5-4-6-9-19/h4-10,15-16,23-24H,11-14,17-18H2,1-3H3/b20-16+/t23-,24+,26+,27+/m0/s1. The minimum Gasteiger partial charge on any atom is -0.465 e. The van der Waals surface area contributed by atoms with Gasteiger partial charge in [-0.2, -0.15) is 0 Å². The maximum atomic E-state index is 13.9. The first-order valence-electron chi connectivity index (χ1n) is 11.4. The van der Waals surface area contributed by atoms with Gasteiger partial charge in [-0.05, 0) is 66.9 Å². The van der Waals surface area contributed by atoms with Gasteiger partial charge in [-0.15, -0.1) is 0 Å². The third-order valence-corrected chi connectivity index (χ3v) is 8.20. The maximum absolute atomic E-state index is 13.9. The number of hydrogen-bond donors (Lipinski definition) is 0. The highest BCUT2D eigenvalue weighted by molar-refractivity contribution is 6.02. The van der Waals surface area contributed by atoms with Crippen molar-refractivity contribution in [2.75, 3.05) is 7.11 Å². The SMILES string of the molecule is CO[C@@]12CC[C@]3(CC/C(=C\c4ccco4)C(=O)[C@H]3C(C)(C)[C@H]1OCc1ccccc1)C2. The van der Waals surface area contributed by atoms with E-state index in [9.17, 15) is 4.79 Å². The minimum absolute atomic E-state index is 0.00367. The average Bonchev–Trinajstić information content (AvgIpc) is 3.38. The van der Waals surface area contributed by atoms with Gasteiger partial charge in [0, 0.05) is 18.4 Å². The van der Waals surface area contributed by atoms with Crippen molar-refractivity contribution < 1.29 is 18.7 Å². The molecule has 3 aliphatic rings. The second kappa shape index (κ2) is 7.46. The van der Waals surface area contributed by atoms with Gasteiger partial charge < -0.3 is 13.9 Å². The molecule has 0 amide bonds. The summed E-state index contributed by atoms with van der Waals surface area (Å²) in [6.07, 6.45) is 8.17. The van der Waals surface area contributed by atoms with Crippen molar-refractivity contribution in [3.8, 4) is 0 Å². The van der Waals surface area contributed by atoms with E-state index in [1.165, 1.54) is 0 Å². The van der Waals surface area contributed by atoms with E-state index in [0.717, 1.165) is 49.0 Å². The van der Waals surface area contributed by atoms with Crippen LogP contribution in [-0.4, -0.2) is 24.6 Å². The maximum Gasteiger partial charge on any atom is 0.163 e. The van der Waals surface area contributed by atoms with Crippen LogP contribution >= 0.6 is 0 Å². The highest BCUT2D eigenvalue weighted by Crippen LogP contribution is 2.68. The number of ether oxygens (including phenoxy) is 2. The molecular formula is C27H32O4. The number of carbonyl (C=O) groups is 1. The molecule has 2 bridgehead atoms. The van der Waals surface area contributed by atoms with E-state index >= 15 is 0 Å². The number of ketones is 1. The Hall–Kier alpha value is -2.17. The van der Waals surface area contributed by atoms with E-state index in [0.29, 0.717) is 6.61 Å². The number of fused-ring (bicyclic) bond motifs is 1. The van der Waals surface area contributed by atoms with Crippen LogP contribution < -0.4 is 0 Å². The Labute approximate surface area is 184 Å². The van der Waals surface area contributed by atoms with E-state index in [1.807, 2.05) is 43.5 Å². The van der Waals surface area contributed by atoms with Crippen LogP contribution in [0.5, 0.6) is 0 Å². The Balaban J connectivity index is 1.50. The van der Waals surface area contributed by atoms with Crippen LogP contribution in [0.15, 0.2) is 58.7 Å². The Bertz CT molecular complexity index is 974. The van der Waals surface area contributed by atoms with Crippen LogP contribution in [0.3, 0.4) is 0 Å². The number of carbonyl (C=O) groups excluding carboxylic acids is 1. The molecule has 0 N–H and O–H groups in total. The van der Waals surface area contributed by atoms with Crippen LogP contribution in [0, 0.1) is 16.7 Å². The molecule has 164 valence electrons. The van der Waals surface area contributed by atoms with Crippen molar-refractivity contribution in [1.82, 2.24) is 0 Å². The van der Waals surface area contributed by atoms with Gasteiger partial charge in [-0.25, -0.2) is 0 Å². The van der Waals surface area contributed by atoms with Crippen LogP contribution in [0.4, 0.5) is 0 Å². The van der Waals surface area contributed by atoms with E-state index in [2.05, 4.69) is 26.0 Å². The molecule has 1 aromatic carbocycles. The van der Waals surface area contributed by atoms with Crippen molar-refractivity contribution in [3.63, 3.8) is 0 Å². The molecule has 0 aliphatic heterocycles. The summed E-state index contributed by atoms with van der Waals surface area (Å²) in [4.78, 5) is 13.9. The summed E-state index contributed by atoms with van der Waals surface area (Å²) in [5, 5.41) is 0. The normalized spacial score (nSPS) is 35.3. The zero-order valence-electron chi connectivity index (χ0n) is 18.7. The number of benzene rings is 1. The predicted octanol–water partition coefficient (Wildman–Crippen LogP) is 5.82. The summed E-state index contributed by atoms with van der Waals surface area (Å²) in [6.45, 7) is 4.96. The number of Topliss-reactive ketones (excluding diaryl/α,β-unsaturated/α-hetero) is 1. The fourth-order valence-corrected chi connectivity index (χ4v) is 7.08. The minimum atomic E-state index is -0.334. The lowest BCUT2D eigenvalue weighted by Gasteiger charge is -2.58. The predicted molar refractivity (Wildman–Crippen MR) is 119 cm³/mol. The van der Waals surface area contributed by atoms with Crippen molar-refractivity contribution >= 4 is 11.9 Å². The van der Waals surface area contributed by atoms with Gasteiger partial charge >= 0.3 is 0 Å². The Morgan fingerprint density at radius 3 is 2.61 bits per heavy atom. The van der Waals surface area contributed by atoms with Gasteiger partial charge in [0.1, 0.15) is 5.76 Å². The third-order valence-electron chi connectivity index (χ3n) is 8.20. The Morgan fingerprint density at radius 1 is 1.10 bits per heavy atom. The monoisotopic (exact) mass is 420 g/mol. The lowest BCUT2D eigenvalue weighted by Crippen LogP contribution is -2.63. The Morgan fingerprint density at radius 2 is 1.90 bits per heavy atom. The smallest absolute Gasteiger partial charge is 0.163 e. The molecule has 0 unspecified atom stereocenters. The van der Waals surface area contributed by atoms with Crippen LogP contribution in [0.2, 0.25) is 0 Å². The molecule has 4 heteroatoms. The molecule has 5 rings (SSSR count). The molecule has 1 spiro atoms. The fourth-order valence-electron chi connectivity index (χ4n) is 7.08. The number of allylic oxidation sites excluding steroid dienone is 1. The van der Waals surface area contributed by atoms with Crippen molar-refractivity contribution in [1.29, 1.82) is 0 Å². The number of hydrogen-bond acceptors (Lipinski definition) is 4. The van der Waals surface area contributed by atoms with E-state index in [4.69, 9.17) is 13.9 Å². The van der Waals surface area contributed by atoms with Crippen LogP contribution in [0.1, 0.15) is 57.3 Å². The molecule has 3 saturated carbocycles. The molecule has 0 radical (unpaired) electrons. The topological polar surface area (TPSA) is 48.7 Å². The van der Waals surface area contributed by atoms with Gasteiger partial charge in [0.15, 0.2) is 5.78 Å². The van der Waals surface area contributed by atoms with E-state index in [1.54, 1.807) is 6.26 Å². The van der Waals surface area contributed by atoms with Crippen molar-refractivity contribution in [3.05, 3.63) is 65.6 Å². The molecule has 1 aromatic heterocycles. The average molecular weight is 421 g/mol. The van der Waals surface area contributed by atoms with Gasteiger partial charge in [0.25, 0.3) is 0 Å². The summed E-state index contributed by atoms with van der Waals surface area (Å²) in [6, 6.07) is 14.0. The Kier molecular flexibility index (Phi) is 4.98. The molecule has 0 saturated heterocycles. The number of methoxy groups -OCH3 is 1. The van der Waals surface area contributed by atoms with E-state index in [-0.39, 0.29) is 34.2 Å². The molecule has 3 fully saturated rings. The highest BCUT2D eigenvalue weighted by Gasteiger charge is 2.70. The second-order valence-corrected chi connectivity index (χ2v) is 10.3. The summed E-state index contributed by atoms with van der Waals surface area (Å²) in [5.74, 6) is 0.955. The molecular weight excluding hydrogens is 388 g/mol. The van der Waals surface area contributed by atoms with Gasteiger partial charge in [0.05, 0.1) is 24.6 Å². The highest BCUT2D eigenvalue weighted by atomic mass is 16.5.